The van der Waals surface area contributed by atoms with Gasteiger partial charge in [0, 0.05) is 18.8 Å². The van der Waals surface area contributed by atoms with Crippen LogP contribution in [0.25, 0.3) is 0 Å². The van der Waals surface area contributed by atoms with Crippen molar-refractivity contribution in [1.29, 1.82) is 0 Å². The molecule has 1 aromatic heterocycles. The Balaban J connectivity index is 2.45. The Hall–Kier alpha value is -1.75. The van der Waals surface area contributed by atoms with Gasteiger partial charge in [-0.3, -0.25) is 4.68 Å². The number of aliphatic hydroxyl groups is 1. The Kier molecular flexibility index (Phi) is 2.70. The van der Waals surface area contributed by atoms with E-state index in [1.807, 2.05) is 0 Å². The van der Waals surface area contributed by atoms with Crippen LogP contribution >= 0.6 is 0 Å². The molecule has 2 aromatic rings. The van der Waals surface area contributed by atoms with Crippen LogP contribution in [0, 0.1) is 11.6 Å². The number of hydrogen-bond acceptors (Lipinski definition) is 2. The maximum Gasteiger partial charge on any atom is 0.132 e. The van der Waals surface area contributed by atoms with Gasteiger partial charge >= 0.3 is 0 Å². The molecular weight excluding hydrogens is 214 g/mol. The lowest BCUT2D eigenvalue weighted by atomic mass is 10.0. The van der Waals surface area contributed by atoms with Crippen LogP contribution < -0.4 is 0 Å². The third kappa shape index (κ3) is 1.81. The zero-order chi connectivity index (χ0) is 11.7. The van der Waals surface area contributed by atoms with Gasteiger partial charge < -0.3 is 5.11 Å². The van der Waals surface area contributed by atoms with Crippen LogP contribution in [0.3, 0.4) is 0 Å². The average Bonchev–Trinajstić information content (AvgIpc) is 2.64. The molecule has 0 bridgehead atoms. The summed E-state index contributed by atoms with van der Waals surface area (Å²) in [5, 5.41) is 13.7. The molecule has 0 radical (unpaired) electrons. The van der Waals surface area contributed by atoms with Gasteiger partial charge in [-0.05, 0) is 12.1 Å². The van der Waals surface area contributed by atoms with Crippen molar-refractivity contribution in [2.75, 3.05) is 0 Å². The van der Waals surface area contributed by atoms with E-state index in [1.165, 1.54) is 23.1 Å². The smallest absolute Gasteiger partial charge is 0.132 e. The third-order valence-corrected chi connectivity index (χ3v) is 2.31. The quantitative estimate of drug-likeness (QED) is 0.844. The predicted molar refractivity (Wildman–Crippen MR) is 53.6 cm³/mol. The van der Waals surface area contributed by atoms with Gasteiger partial charge in [-0.1, -0.05) is 6.07 Å². The molecular formula is C11H10F2N2O. The van der Waals surface area contributed by atoms with E-state index in [1.54, 1.807) is 7.05 Å². The van der Waals surface area contributed by atoms with Crippen LogP contribution in [0.1, 0.15) is 17.2 Å². The lowest BCUT2D eigenvalue weighted by Crippen LogP contribution is -2.04. The number of aryl methyl sites for hydroxylation is 1. The largest absolute Gasteiger partial charge is 0.383 e. The van der Waals surface area contributed by atoms with Gasteiger partial charge in [-0.25, -0.2) is 8.78 Å². The number of nitrogens with zero attached hydrogens (tertiary/aromatic N) is 2. The average molecular weight is 224 g/mol. The summed E-state index contributed by atoms with van der Waals surface area (Å²) in [4.78, 5) is 0. The Bertz CT molecular complexity index is 490. The molecule has 1 aromatic carbocycles. The monoisotopic (exact) mass is 224 g/mol. The van der Waals surface area contributed by atoms with Crippen LogP contribution in [-0.4, -0.2) is 14.9 Å². The van der Waals surface area contributed by atoms with E-state index in [4.69, 9.17) is 0 Å². The van der Waals surface area contributed by atoms with Crippen molar-refractivity contribution in [3.8, 4) is 0 Å². The van der Waals surface area contributed by atoms with Crippen molar-refractivity contribution >= 4 is 0 Å². The van der Waals surface area contributed by atoms with Crippen molar-refractivity contribution in [2.24, 2.45) is 7.05 Å². The molecule has 0 aliphatic rings. The van der Waals surface area contributed by atoms with Gasteiger partial charge in [0.1, 0.15) is 17.7 Å². The van der Waals surface area contributed by atoms with Crippen molar-refractivity contribution in [3.63, 3.8) is 0 Å². The number of aromatic nitrogens is 2. The van der Waals surface area contributed by atoms with Gasteiger partial charge in [0.25, 0.3) is 0 Å². The SMILES string of the molecule is Cn1cc(C(O)c2c(F)cccc2F)cn1. The van der Waals surface area contributed by atoms with E-state index in [2.05, 4.69) is 5.10 Å². The maximum atomic E-state index is 13.4. The second-order valence-electron chi connectivity index (χ2n) is 3.49. The zero-order valence-electron chi connectivity index (χ0n) is 8.56. The standard InChI is InChI=1S/C11H10F2N2O/c1-15-6-7(5-14-15)11(16)10-8(12)3-2-4-9(10)13/h2-6,11,16H,1H3. The minimum absolute atomic E-state index is 0.351. The zero-order valence-corrected chi connectivity index (χ0v) is 8.56. The highest BCUT2D eigenvalue weighted by Crippen LogP contribution is 2.26. The molecule has 1 N–H and O–H groups in total. The Morgan fingerprint density at radius 3 is 2.44 bits per heavy atom. The highest BCUT2D eigenvalue weighted by Gasteiger charge is 2.20. The Morgan fingerprint density at radius 2 is 1.94 bits per heavy atom. The first-order valence-electron chi connectivity index (χ1n) is 4.70. The molecule has 0 saturated carbocycles. The van der Waals surface area contributed by atoms with Crippen LogP contribution in [0.4, 0.5) is 8.78 Å². The van der Waals surface area contributed by atoms with Crippen molar-refractivity contribution in [3.05, 3.63) is 53.4 Å². The summed E-state index contributed by atoms with van der Waals surface area (Å²) in [6, 6.07) is 3.47. The minimum Gasteiger partial charge on any atom is -0.383 e. The molecule has 1 unspecified atom stereocenters. The van der Waals surface area contributed by atoms with Crippen molar-refractivity contribution in [1.82, 2.24) is 9.78 Å². The number of benzene rings is 1. The first-order chi connectivity index (χ1) is 7.59. The number of hydrogen-bond donors (Lipinski definition) is 1. The topological polar surface area (TPSA) is 38.0 Å². The predicted octanol–water partition coefficient (Wildman–Crippen LogP) is 1.78. The summed E-state index contributed by atoms with van der Waals surface area (Å²) in [7, 11) is 1.66. The molecule has 1 atom stereocenters. The van der Waals surface area contributed by atoms with Gasteiger partial charge in [-0.15, -0.1) is 0 Å². The third-order valence-electron chi connectivity index (χ3n) is 2.31. The molecule has 2 rings (SSSR count). The molecule has 0 aliphatic carbocycles. The van der Waals surface area contributed by atoms with E-state index < -0.39 is 17.7 Å². The van der Waals surface area contributed by atoms with Crippen LogP contribution in [0.15, 0.2) is 30.6 Å². The van der Waals surface area contributed by atoms with E-state index in [0.717, 1.165) is 12.1 Å². The highest BCUT2D eigenvalue weighted by molar-refractivity contribution is 5.29. The molecule has 0 amide bonds. The molecule has 3 nitrogen and oxygen atoms in total. The van der Waals surface area contributed by atoms with Crippen LogP contribution in [-0.2, 0) is 7.05 Å². The normalized spacial score (nSPS) is 12.8. The fourth-order valence-corrected chi connectivity index (χ4v) is 1.52. The second-order valence-corrected chi connectivity index (χ2v) is 3.49. The molecule has 0 fully saturated rings. The lowest BCUT2D eigenvalue weighted by molar-refractivity contribution is 0.209. The fraction of sp³-hybridized carbons (Fsp3) is 0.182. The van der Waals surface area contributed by atoms with Gasteiger partial charge in [-0.2, -0.15) is 5.10 Å². The number of rotatable bonds is 2. The molecule has 0 aliphatic heterocycles. The van der Waals surface area contributed by atoms with E-state index in [0.29, 0.717) is 5.56 Å². The van der Waals surface area contributed by atoms with E-state index >= 15 is 0 Å². The maximum absolute atomic E-state index is 13.4. The van der Waals surface area contributed by atoms with Gasteiger partial charge in [0.15, 0.2) is 0 Å². The van der Waals surface area contributed by atoms with Gasteiger partial charge in [0.2, 0.25) is 0 Å². The summed E-state index contributed by atoms with van der Waals surface area (Å²) >= 11 is 0. The molecule has 0 saturated heterocycles. The number of aliphatic hydroxyl groups excluding tert-OH is 1. The summed E-state index contributed by atoms with van der Waals surface area (Å²) in [5.41, 5.74) is 0.00185. The summed E-state index contributed by atoms with van der Waals surface area (Å²) in [5.74, 6) is -1.53. The fourth-order valence-electron chi connectivity index (χ4n) is 1.52. The van der Waals surface area contributed by atoms with Gasteiger partial charge in [0.05, 0.1) is 11.8 Å². The molecule has 0 spiro atoms. The minimum atomic E-state index is -1.34. The molecule has 84 valence electrons. The first kappa shape index (κ1) is 10.8. The summed E-state index contributed by atoms with van der Waals surface area (Å²) in [6.45, 7) is 0. The summed E-state index contributed by atoms with van der Waals surface area (Å²) in [6.07, 6.45) is 1.54. The highest BCUT2D eigenvalue weighted by atomic mass is 19.1. The lowest BCUT2D eigenvalue weighted by Gasteiger charge is -2.10. The Labute approximate surface area is 91.0 Å². The Morgan fingerprint density at radius 1 is 1.31 bits per heavy atom. The van der Waals surface area contributed by atoms with Crippen molar-refractivity contribution < 1.29 is 13.9 Å². The number of halogens is 2. The summed E-state index contributed by atoms with van der Waals surface area (Å²) < 4.78 is 28.2. The van der Waals surface area contributed by atoms with E-state index in [-0.39, 0.29) is 5.56 Å². The van der Waals surface area contributed by atoms with Crippen LogP contribution in [0.2, 0.25) is 0 Å². The molecule has 16 heavy (non-hydrogen) atoms. The van der Waals surface area contributed by atoms with Crippen LogP contribution in [0.5, 0.6) is 0 Å². The second kappa shape index (κ2) is 4.02. The van der Waals surface area contributed by atoms with Crippen molar-refractivity contribution in [2.45, 2.75) is 6.10 Å². The molecule has 1 heterocycles. The molecule has 5 heteroatoms. The van der Waals surface area contributed by atoms with E-state index in [9.17, 15) is 13.9 Å². The first-order valence-corrected chi connectivity index (χ1v) is 4.70.